The van der Waals surface area contributed by atoms with Gasteiger partial charge in [0.05, 0.1) is 29.0 Å². The largest absolute Gasteiger partial charge is 0.358 e. The molecule has 1 aliphatic carbocycles. The van der Waals surface area contributed by atoms with Crippen molar-refractivity contribution in [2.45, 2.75) is 19.3 Å². The Labute approximate surface area is 212 Å². The van der Waals surface area contributed by atoms with E-state index in [2.05, 4.69) is 65.2 Å². The van der Waals surface area contributed by atoms with Crippen LogP contribution in [0.1, 0.15) is 19.3 Å². The number of aromatic nitrogens is 7. The molecule has 0 aliphatic heterocycles. The molecule has 6 aromatic rings. The number of nitrogens with zero attached hydrogens (tertiary/aromatic N) is 5. The van der Waals surface area contributed by atoms with E-state index < -0.39 is 0 Å². The zero-order valence-electron chi connectivity index (χ0n) is 20.1. The third kappa shape index (κ3) is 3.83. The molecule has 7 rings (SSSR count). The van der Waals surface area contributed by atoms with Gasteiger partial charge in [-0.15, -0.1) is 0 Å². The first kappa shape index (κ1) is 21.4. The summed E-state index contributed by atoms with van der Waals surface area (Å²) in [6, 6.07) is 14.2. The molecule has 3 N–H and O–H groups in total. The highest BCUT2D eigenvalue weighted by Crippen LogP contribution is 2.35. The maximum absolute atomic E-state index is 4.62. The molecule has 6 heterocycles. The Bertz CT molecular complexity index is 1760. The maximum atomic E-state index is 4.62. The number of pyridine rings is 4. The lowest BCUT2D eigenvalue weighted by Crippen LogP contribution is -2.18. The van der Waals surface area contributed by atoms with Crippen LogP contribution in [-0.2, 0) is 0 Å². The number of anilines is 1. The zero-order valence-corrected chi connectivity index (χ0v) is 20.1. The van der Waals surface area contributed by atoms with Crippen molar-refractivity contribution in [2.75, 3.05) is 5.32 Å². The summed E-state index contributed by atoms with van der Waals surface area (Å²) in [5.74, 6) is 0.555. The van der Waals surface area contributed by atoms with Gasteiger partial charge in [0.15, 0.2) is 5.65 Å². The van der Waals surface area contributed by atoms with E-state index in [9.17, 15) is 0 Å². The number of nitrogens with one attached hydrogen (secondary N) is 3. The van der Waals surface area contributed by atoms with E-state index in [0.29, 0.717) is 11.6 Å². The van der Waals surface area contributed by atoms with Crippen LogP contribution in [0.5, 0.6) is 0 Å². The molecule has 0 unspecified atom stereocenters. The van der Waals surface area contributed by atoms with Crippen molar-refractivity contribution in [1.29, 1.82) is 0 Å². The fraction of sp³-hybridized carbons (Fsp3) is 0.138. The SMILES string of the molecule is C=C(Nc1cncc(-c2cnc3n[nH]c(-c4cc5c(-c6ccccn6)ccnc5[nH]4)c3c2)c1)C1CCC1. The van der Waals surface area contributed by atoms with Crippen molar-refractivity contribution < 1.29 is 0 Å². The van der Waals surface area contributed by atoms with E-state index in [1.165, 1.54) is 19.3 Å². The van der Waals surface area contributed by atoms with Crippen LogP contribution in [0.25, 0.3) is 55.8 Å². The Hall–Kier alpha value is -4.85. The van der Waals surface area contributed by atoms with Crippen molar-refractivity contribution >= 4 is 27.8 Å². The molecular formula is C29H24N8. The van der Waals surface area contributed by atoms with E-state index in [4.69, 9.17) is 0 Å². The Morgan fingerprint density at radius 1 is 0.919 bits per heavy atom. The van der Waals surface area contributed by atoms with Gasteiger partial charge < -0.3 is 10.3 Å². The topological polar surface area (TPSA) is 108 Å². The van der Waals surface area contributed by atoms with Crippen LogP contribution in [0, 0.1) is 5.92 Å². The fourth-order valence-corrected chi connectivity index (χ4v) is 4.88. The average molecular weight is 485 g/mol. The summed E-state index contributed by atoms with van der Waals surface area (Å²) in [5.41, 5.74) is 9.05. The zero-order chi connectivity index (χ0) is 24.8. The van der Waals surface area contributed by atoms with Crippen molar-refractivity contribution in [2.24, 2.45) is 5.92 Å². The number of H-pyrrole nitrogens is 2. The van der Waals surface area contributed by atoms with Crippen LogP contribution >= 0.6 is 0 Å². The molecule has 180 valence electrons. The van der Waals surface area contributed by atoms with Crippen LogP contribution in [-0.4, -0.2) is 35.1 Å². The summed E-state index contributed by atoms with van der Waals surface area (Å²) in [6.07, 6.45) is 12.8. The lowest BCUT2D eigenvalue weighted by atomic mass is 9.83. The minimum atomic E-state index is 0.555. The van der Waals surface area contributed by atoms with Crippen molar-refractivity contribution in [3.63, 3.8) is 0 Å². The molecule has 0 spiro atoms. The molecule has 1 aliphatic rings. The summed E-state index contributed by atoms with van der Waals surface area (Å²) in [5, 5.41) is 13.0. The molecule has 0 amide bonds. The molecule has 1 saturated carbocycles. The van der Waals surface area contributed by atoms with Gasteiger partial charge in [-0.25, -0.2) is 9.97 Å². The van der Waals surface area contributed by atoms with Gasteiger partial charge in [-0.2, -0.15) is 5.10 Å². The number of rotatable bonds is 6. The van der Waals surface area contributed by atoms with Crippen molar-refractivity contribution in [1.82, 2.24) is 35.1 Å². The summed E-state index contributed by atoms with van der Waals surface area (Å²) >= 11 is 0. The molecule has 8 heteroatoms. The van der Waals surface area contributed by atoms with Crippen molar-refractivity contribution in [3.8, 4) is 33.8 Å². The van der Waals surface area contributed by atoms with Crippen molar-refractivity contribution in [3.05, 3.63) is 85.7 Å². The maximum Gasteiger partial charge on any atom is 0.181 e. The van der Waals surface area contributed by atoms with Gasteiger partial charge in [0.1, 0.15) is 5.65 Å². The van der Waals surface area contributed by atoms with Crippen LogP contribution in [0.15, 0.2) is 85.7 Å². The Kier molecular flexibility index (Phi) is 5.02. The molecular weight excluding hydrogens is 460 g/mol. The van der Waals surface area contributed by atoms with Gasteiger partial charge in [-0.1, -0.05) is 19.1 Å². The van der Waals surface area contributed by atoms with E-state index in [1.807, 2.05) is 42.9 Å². The third-order valence-corrected chi connectivity index (χ3v) is 7.13. The number of allylic oxidation sites excluding steroid dienone is 1. The third-order valence-electron chi connectivity index (χ3n) is 7.13. The molecule has 0 aromatic carbocycles. The molecule has 6 aromatic heterocycles. The van der Waals surface area contributed by atoms with Gasteiger partial charge in [0, 0.05) is 57.9 Å². The second-order valence-corrected chi connectivity index (χ2v) is 9.45. The summed E-state index contributed by atoms with van der Waals surface area (Å²) in [4.78, 5) is 21.6. The first-order chi connectivity index (χ1) is 18.2. The Morgan fingerprint density at radius 3 is 2.68 bits per heavy atom. The highest BCUT2D eigenvalue weighted by atomic mass is 15.2. The van der Waals surface area contributed by atoms with E-state index >= 15 is 0 Å². The normalized spacial score (nSPS) is 13.6. The number of hydrogen-bond donors (Lipinski definition) is 3. The lowest BCUT2D eigenvalue weighted by Gasteiger charge is -2.28. The Balaban J connectivity index is 1.26. The monoisotopic (exact) mass is 484 g/mol. The highest BCUT2D eigenvalue weighted by molar-refractivity contribution is 5.99. The summed E-state index contributed by atoms with van der Waals surface area (Å²) in [7, 11) is 0. The quantitative estimate of drug-likeness (QED) is 0.254. The van der Waals surface area contributed by atoms with E-state index in [0.717, 1.165) is 61.6 Å². The predicted octanol–water partition coefficient (Wildman–Crippen LogP) is 6.35. The number of fused-ring (bicyclic) bond motifs is 2. The van der Waals surface area contributed by atoms with E-state index in [-0.39, 0.29) is 0 Å². The van der Waals surface area contributed by atoms with Gasteiger partial charge >= 0.3 is 0 Å². The molecule has 1 fully saturated rings. The minimum absolute atomic E-state index is 0.555. The predicted molar refractivity (Wildman–Crippen MR) is 146 cm³/mol. The molecule has 0 bridgehead atoms. The fourth-order valence-electron chi connectivity index (χ4n) is 4.88. The lowest BCUT2D eigenvalue weighted by molar-refractivity contribution is 0.371. The minimum Gasteiger partial charge on any atom is -0.358 e. The molecule has 37 heavy (non-hydrogen) atoms. The molecule has 0 atom stereocenters. The second kappa shape index (κ2) is 8.67. The average Bonchev–Trinajstić information content (AvgIpc) is 3.52. The standard InChI is InChI=1S/C29H24N8/c1-17(18-5-4-6-18)34-21-11-19(14-30-16-21)20-12-24-27(36-37-29(24)33-15-20)26-13-23-22(8-10-32-28(23)35-26)25-7-2-3-9-31-25/h2-3,7-16,18,34H,1,4-6H2,(H,32,35)(H,33,36,37). The van der Waals surface area contributed by atoms with Gasteiger partial charge in [0.2, 0.25) is 0 Å². The number of hydrogen-bond acceptors (Lipinski definition) is 6. The number of aromatic amines is 2. The smallest absolute Gasteiger partial charge is 0.181 e. The van der Waals surface area contributed by atoms with Crippen LogP contribution in [0.2, 0.25) is 0 Å². The van der Waals surface area contributed by atoms with Crippen LogP contribution < -0.4 is 5.32 Å². The van der Waals surface area contributed by atoms with E-state index in [1.54, 1.807) is 12.4 Å². The summed E-state index contributed by atoms with van der Waals surface area (Å²) < 4.78 is 0. The first-order valence-electron chi connectivity index (χ1n) is 12.4. The summed E-state index contributed by atoms with van der Waals surface area (Å²) in [6.45, 7) is 4.22. The van der Waals surface area contributed by atoms with Crippen LogP contribution in [0.4, 0.5) is 5.69 Å². The molecule has 0 radical (unpaired) electrons. The van der Waals surface area contributed by atoms with Gasteiger partial charge in [-0.3, -0.25) is 15.1 Å². The first-order valence-corrected chi connectivity index (χ1v) is 12.4. The van der Waals surface area contributed by atoms with Gasteiger partial charge in [0.25, 0.3) is 0 Å². The second-order valence-electron chi connectivity index (χ2n) is 9.45. The van der Waals surface area contributed by atoms with Gasteiger partial charge in [-0.05, 0) is 55.2 Å². The molecule has 0 saturated heterocycles. The highest BCUT2D eigenvalue weighted by Gasteiger charge is 2.21. The Morgan fingerprint density at radius 2 is 1.84 bits per heavy atom. The van der Waals surface area contributed by atoms with Crippen LogP contribution in [0.3, 0.4) is 0 Å². The molecule has 8 nitrogen and oxygen atoms in total.